The second kappa shape index (κ2) is 3.22. The quantitative estimate of drug-likeness (QED) is 0.696. The van der Waals surface area contributed by atoms with Crippen LogP contribution in [0.15, 0.2) is 0 Å². The van der Waals surface area contributed by atoms with E-state index < -0.39 is 10.0 Å². The molecule has 0 bridgehead atoms. The van der Waals surface area contributed by atoms with Gasteiger partial charge in [0.05, 0.1) is 25.0 Å². The summed E-state index contributed by atoms with van der Waals surface area (Å²) in [5, 5.41) is 0. The average molecular weight is 205 g/mol. The third kappa shape index (κ3) is 2.03. The SMILES string of the molecule is CS(=O)(=O)N[C@H]1CO[C@@H]2CCC[C@H]12. The Bertz CT molecular complexity index is 288. The van der Waals surface area contributed by atoms with E-state index in [2.05, 4.69) is 4.72 Å². The Morgan fingerprint density at radius 2 is 2.15 bits per heavy atom. The molecule has 1 saturated heterocycles. The lowest BCUT2D eigenvalue weighted by molar-refractivity contribution is 0.102. The molecule has 0 unspecified atom stereocenters. The van der Waals surface area contributed by atoms with Crippen LogP contribution in [0.4, 0.5) is 0 Å². The highest BCUT2D eigenvalue weighted by atomic mass is 32.2. The van der Waals surface area contributed by atoms with E-state index in [0.29, 0.717) is 18.6 Å². The molecule has 4 nitrogen and oxygen atoms in total. The molecule has 0 aromatic rings. The average Bonchev–Trinajstić information content (AvgIpc) is 2.50. The van der Waals surface area contributed by atoms with E-state index in [1.807, 2.05) is 0 Å². The van der Waals surface area contributed by atoms with Gasteiger partial charge in [-0.15, -0.1) is 0 Å². The Morgan fingerprint density at radius 3 is 2.85 bits per heavy atom. The topological polar surface area (TPSA) is 55.4 Å². The molecule has 0 aromatic heterocycles. The molecule has 1 aliphatic heterocycles. The predicted octanol–water partition coefficient (Wildman–Crippen LogP) is 0.103. The van der Waals surface area contributed by atoms with Gasteiger partial charge in [-0.2, -0.15) is 0 Å². The third-order valence-electron chi connectivity index (χ3n) is 2.88. The van der Waals surface area contributed by atoms with Crippen molar-refractivity contribution in [2.45, 2.75) is 31.4 Å². The van der Waals surface area contributed by atoms with Crippen molar-refractivity contribution in [1.29, 1.82) is 0 Å². The summed E-state index contributed by atoms with van der Waals surface area (Å²) in [6.07, 6.45) is 4.86. The molecule has 1 heterocycles. The van der Waals surface area contributed by atoms with Crippen molar-refractivity contribution in [3.05, 3.63) is 0 Å². The molecule has 0 amide bonds. The zero-order chi connectivity index (χ0) is 9.47. The molecule has 13 heavy (non-hydrogen) atoms. The minimum atomic E-state index is -3.08. The van der Waals surface area contributed by atoms with Crippen molar-refractivity contribution < 1.29 is 13.2 Å². The molecular weight excluding hydrogens is 190 g/mol. The first-order valence-electron chi connectivity index (χ1n) is 4.65. The summed E-state index contributed by atoms with van der Waals surface area (Å²) in [6, 6.07) is 0.0162. The second-order valence-electron chi connectivity index (χ2n) is 3.96. The largest absolute Gasteiger partial charge is 0.376 e. The van der Waals surface area contributed by atoms with Crippen molar-refractivity contribution in [2.75, 3.05) is 12.9 Å². The fourth-order valence-electron chi connectivity index (χ4n) is 2.37. The summed E-state index contributed by atoms with van der Waals surface area (Å²) in [4.78, 5) is 0. The molecule has 76 valence electrons. The van der Waals surface area contributed by atoms with Crippen LogP contribution in [0.25, 0.3) is 0 Å². The highest BCUT2D eigenvalue weighted by molar-refractivity contribution is 7.88. The van der Waals surface area contributed by atoms with Gasteiger partial charge in [0.15, 0.2) is 0 Å². The van der Waals surface area contributed by atoms with Crippen molar-refractivity contribution in [1.82, 2.24) is 4.72 Å². The lowest BCUT2D eigenvalue weighted by atomic mass is 10.0. The third-order valence-corrected chi connectivity index (χ3v) is 3.61. The molecule has 3 atom stereocenters. The van der Waals surface area contributed by atoms with Crippen LogP contribution in [-0.2, 0) is 14.8 Å². The van der Waals surface area contributed by atoms with E-state index in [9.17, 15) is 8.42 Å². The smallest absolute Gasteiger partial charge is 0.209 e. The van der Waals surface area contributed by atoms with Crippen molar-refractivity contribution >= 4 is 10.0 Å². The normalized spacial score (nSPS) is 39.3. The Morgan fingerprint density at radius 1 is 1.38 bits per heavy atom. The summed E-state index contributed by atoms with van der Waals surface area (Å²) in [5.74, 6) is 0.412. The van der Waals surface area contributed by atoms with Gasteiger partial charge >= 0.3 is 0 Å². The van der Waals surface area contributed by atoms with Crippen LogP contribution in [0.3, 0.4) is 0 Å². The standard InChI is InChI=1S/C8H15NO3S/c1-13(10,11)9-7-5-12-8-4-2-3-6(7)8/h6-9H,2-5H2,1H3/t6-,7+,8-/m1/s1. The highest BCUT2D eigenvalue weighted by Crippen LogP contribution is 2.35. The van der Waals surface area contributed by atoms with Gasteiger partial charge in [0.1, 0.15) is 0 Å². The molecule has 2 rings (SSSR count). The summed E-state index contributed by atoms with van der Waals surface area (Å²) >= 11 is 0. The molecule has 1 aliphatic carbocycles. The van der Waals surface area contributed by atoms with Gasteiger partial charge < -0.3 is 4.74 Å². The van der Waals surface area contributed by atoms with E-state index in [1.54, 1.807) is 0 Å². The van der Waals surface area contributed by atoms with E-state index in [0.717, 1.165) is 19.3 Å². The molecule has 0 aromatic carbocycles. The van der Waals surface area contributed by atoms with Crippen LogP contribution >= 0.6 is 0 Å². The number of fused-ring (bicyclic) bond motifs is 1. The lowest BCUT2D eigenvalue weighted by Gasteiger charge is -2.15. The molecule has 1 N–H and O–H groups in total. The summed E-state index contributed by atoms with van der Waals surface area (Å²) in [7, 11) is -3.08. The van der Waals surface area contributed by atoms with Crippen molar-refractivity contribution in [3.63, 3.8) is 0 Å². The van der Waals surface area contributed by atoms with Crippen LogP contribution in [-0.4, -0.2) is 33.4 Å². The number of hydrogen-bond acceptors (Lipinski definition) is 3. The second-order valence-corrected chi connectivity index (χ2v) is 5.74. The minimum Gasteiger partial charge on any atom is -0.376 e. The fraction of sp³-hybridized carbons (Fsp3) is 1.00. The van der Waals surface area contributed by atoms with Crippen LogP contribution in [0, 0.1) is 5.92 Å². The zero-order valence-electron chi connectivity index (χ0n) is 7.69. The van der Waals surface area contributed by atoms with Crippen LogP contribution in [0.5, 0.6) is 0 Å². The number of ether oxygens (including phenoxy) is 1. The van der Waals surface area contributed by atoms with Gasteiger partial charge in [0, 0.05) is 5.92 Å². The predicted molar refractivity (Wildman–Crippen MR) is 48.8 cm³/mol. The van der Waals surface area contributed by atoms with E-state index >= 15 is 0 Å². The number of sulfonamides is 1. The van der Waals surface area contributed by atoms with Gasteiger partial charge in [-0.25, -0.2) is 13.1 Å². The number of hydrogen-bond donors (Lipinski definition) is 1. The molecule has 1 saturated carbocycles. The lowest BCUT2D eigenvalue weighted by Crippen LogP contribution is -2.39. The van der Waals surface area contributed by atoms with Crippen molar-refractivity contribution in [3.8, 4) is 0 Å². The molecule has 2 fully saturated rings. The fourth-order valence-corrected chi connectivity index (χ4v) is 3.16. The maximum atomic E-state index is 11.0. The van der Waals surface area contributed by atoms with E-state index in [1.165, 1.54) is 6.26 Å². The Hall–Kier alpha value is -0.130. The van der Waals surface area contributed by atoms with Crippen LogP contribution < -0.4 is 4.72 Å². The van der Waals surface area contributed by atoms with Crippen molar-refractivity contribution in [2.24, 2.45) is 5.92 Å². The summed E-state index contributed by atoms with van der Waals surface area (Å²) in [6.45, 7) is 0.544. The molecule has 2 aliphatic rings. The first-order valence-corrected chi connectivity index (χ1v) is 6.54. The van der Waals surface area contributed by atoms with E-state index in [4.69, 9.17) is 4.74 Å². The van der Waals surface area contributed by atoms with Gasteiger partial charge in [0.25, 0.3) is 0 Å². The molecule has 0 spiro atoms. The molecule has 0 radical (unpaired) electrons. The Kier molecular flexibility index (Phi) is 2.33. The van der Waals surface area contributed by atoms with Gasteiger partial charge in [-0.1, -0.05) is 6.42 Å². The Labute approximate surface area is 78.7 Å². The number of nitrogens with one attached hydrogen (secondary N) is 1. The first kappa shape index (κ1) is 9.43. The summed E-state index contributed by atoms with van der Waals surface area (Å²) < 4.78 is 30.2. The minimum absolute atomic E-state index is 0.0162. The molecular formula is C8H15NO3S. The monoisotopic (exact) mass is 205 g/mol. The van der Waals surface area contributed by atoms with Gasteiger partial charge in [-0.05, 0) is 12.8 Å². The molecule has 5 heteroatoms. The van der Waals surface area contributed by atoms with Gasteiger partial charge in [-0.3, -0.25) is 0 Å². The number of rotatable bonds is 2. The highest BCUT2D eigenvalue weighted by Gasteiger charge is 2.41. The maximum Gasteiger partial charge on any atom is 0.209 e. The van der Waals surface area contributed by atoms with Crippen LogP contribution in [0.1, 0.15) is 19.3 Å². The summed E-state index contributed by atoms with van der Waals surface area (Å²) in [5.41, 5.74) is 0. The zero-order valence-corrected chi connectivity index (χ0v) is 8.51. The van der Waals surface area contributed by atoms with E-state index in [-0.39, 0.29) is 6.04 Å². The van der Waals surface area contributed by atoms with Gasteiger partial charge in [0.2, 0.25) is 10.0 Å². The first-order chi connectivity index (χ1) is 6.06. The van der Waals surface area contributed by atoms with Crippen LogP contribution in [0.2, 0.25) is 0 Å². The Balaban J connectivity index is 2.01. The maximum absolute atomic E-state index is 11.0.